The molecule has 0 aliphatic rings. The highest BCUT2D eigenvalue weighted by atomic mass is 16.5. The van der Waals surface area contributed by atoms with Crippen molar-refractivity contribution >= 4 is 11.9 Å². The summed E-state index contributed by atoms with van der Waals surface area (Å²) in [7, 11) is 1.30. The van der Waals surface area contributed by atoms with Crippen molar-refractivity contribution in [2.24, 2.45) is 5.92 Å². The van der Waals surface area contributed by atoms with Crippen LogP contribution in [0.25, 0.3) is 0 Å². The Bertz CT molecular complexity index is 265. The van der Waals surface area contributed by atoms with E-state index < -0.39 is 12.0 Å². The van der Waals surface area contributed by atoms with Crippen LogP contribution in [0.1, 0.15) is 27.7 Å². The first-order valence-electron chi connectivity index (χ1n) is 4.91. The molecule has 0 heterocycles. The van der Waals surface area contributed by atoms with Crippen molar-refractivity contribution in [1.82, 2.24) is 5.32 Å². The third-order valence-corrected chi connectivity index (χ3v) is 1.78. The second kappa shape index (κ2) is 6.22. The fraction of sp³-hybridized carbons (Fsp3) is 0.636. The summed E-state index contributed by atoms with van der Waals surface area (Å²) >= 11 is 0. The molecule has 4 heteroatoms. The van der Waals surface area contributed by atoms with Gasteiger partial charge in [-0.25, -0.2) is 4.79 Å². The van der Waals surface area contributed by atoms with Gasteiger partial charge < -0.3 is 10.1 Å². The molecule has 0 fully saturated rings. The van der Waals surface area contributed by atoms with Gasteiger partial charge in [-0.3, -0.25) is 4.79 Å². The normalized spacial score (nSPS) is 11.9. The van der Waals surface area contributed by atoms with Crippen molar-refractivity contribution in [2.75, 3.05) is 7.11 Å². The Morgan fingerprint density at radius 3 is 2.13 bits per heavy atom. The van der Waals surface area contributed by atoms with E-state index in [1.54, 1.807) is 19.9 Å². The van der Waals surface area contributed by atoms with Gasteiger partial charge in [0.2, 0.25) is 5.91 Å². The molecule has 0 aromatic carbocycles. The lowest BCUT2D eigenvalue weighted by molar-refractivity contribution is -0.144. The molecule has 1 unspecified atom stereocenters. The zero-order valence-electron chi connectivity index (χ0n) is 9.96. The molecule has 15 heavy (non-hydrogen) atoms. The van der Waals surface area contributed by atoms with Crippen molar-refractivity contribution < 1.29 is 14.3 Å². The van der Waals surface area contributed by atoms with E-state index in [1.165, 1.54) is 7.11 Å². The van der Waals surface area contributed by atoms with Crippen LogP contribution in [0, 0.1) is 5.92 Å². The van der Waals surface area contributed by atoms with Crippen molar-refractivity contribution in [3.8, 4) is 0 Å². The molecular weight excluding hydrogens is 194 g/mol. The molecule has 0 aliphatic heterocycles. The SMILES string of the molecule is COC(=O)C(C=C(C)C)NC(=O)C(C)C. The number of allylic oxidation sites excluding steroid dienone is 1. The van der Waals surface area contributed by atoms with Crippen LogP contribution >= 0.6 is 0 Å². The summed E-state index contributed by atoms with van der Waals surface area (Å²) in [5.41, 5.74) is 0.953. The van der Waals surface area contributed by atoms with Gasteiger partial charge in [0.15, 0.2) is 0 Å². The molecule has 0 aromatic rings. The molecule has 4 nitrogen and oxygen atoms in total. The Morgan fingerprint density at radius 2 is 1.80 bits per heavy atom. The van der Waals surface area contributed by atoms with Crippen LogP contribution in [0.4, 0.5) is 0 Å². The summed E-state index contributed by atoms with van der Waals surface area (Å²) in [6, 6.07) is -0.685. The largest absolute Gasteiger partial charge is 0.467 e. The van der Waals surface area contributed by atoms with Crippen LogP contribution in [-0.2, 0) is 14.3 Å². The van der Waals surface area contributed by atoms with Crippen LogP contribution < -0.4 is 5.32 Å². The molecule has 1 atom stereocenters. The Hall–Kier alpha value is -1.32. The fourth-order valence-corrected chi connectivity index (χ4v) is 0.949. The average Bonchev–Trinajstić information content (AvgIpc) is 2.14. The van der Waals surface area contributed by atoms with Crippen molar-refractivity contribution in [3.05, 3.63) is 11.6 Å². The van der Waals surface area contributed by atoms with Crippen LogP contribution in [0.5, 0.6) is 0 Å². The molecule has 1 N–H and O–H groups in total. The second-order valence-electron chi connectivity index (χ2n) is 3.91. The van der Waals surface area contributed by atoms with E-state index in [0.29, 0.717) is 0 Å². The summed E-state index contributed by atoms with van der Waals surface area (Å²) in [5.74, 6) is -0.768. The minimum Gasteiger partial charge on any atom is -0.467 e. The molecule has 0 rings (SSSR count). The lowest BCUT2D eigenvalue weighted by Gasteiger charge is -2.15. The number of ether oxygens (including phenoxy) is 1. The maximum absolute atomic E-state index is 11.4. The Labute approximate surface area is 90.7 Å². The fourth-order valence-electron chi connectivity index (χ4n) is 0.949. The molecule has 0 spiro atoms. The first kappa shape index (κ1) is 13.7. The van der Waals surface area contributed by atoms with Crippen LogP contribution in [0.3, 0.4) is 0 Å². The number of carbonyl (C=O) groups excluding carboxylic acids is 2. The van der Waals surface area contributed by atoms with E-state index in [9.17, 15) is 9.59 Å². The first-order valence-corrected chi connectivity index (χ1v) is 4.91. The summed E-state index contributed by atoms with van der Waals surface area (Å²) in [5, 5.41) is 2.61. The van der Waals surface area contributed by atoms with Gasteiger partial charge in [0.1, 0.15) is 6.04 Å². The molecular formula is C11H19NO3. The van der Waals surface area contributed by atoms with E-state index in [1.807, 2.05) is 13.8 Å². The monoisotopic (exact) mass is 213 g/mol. The quantitative estimate of drug-likeness (QED) is 0.565. The highest BCUT2D eigenvalue weighted by molar-refractivity contribution is 5.86. The van der Waals surface area contributed by atoms with E-state index in [2.05, 4.69) is 10.1 Å². The van der Waals surface area contributed by atoms with Gasteiger partial charge in [0.25, 0.3) is 0 Å². The van der Waals surface area contributed by atoms with Crippen LogP contribution in [0.15, 0.2) is 11.6 Å². The molecule has 0 saturated carbocycles. The van der Waals surface area contributed by atoms with E-state index in [0.717, 1.165) is 5.57 Å². The molecule has 1 amide bonds. The zero-order chi connectivity index (χ0) is 12.0. The number of esters is 1. The number of hydrogen-bond donors (Lipinski definition) is 1. The lowest BCUT2D eigenvalue weighted by Crippen LogP contribution is -2.42. The maximum Gasteiger partial charge on any atom is 0.332 e. The topological polar surface area (TPSA) is 55.4 Å². The van der Waals surface area contributed by atoms with Crippen molar-refractivity contribution in [3.63, 3.8) is 0 Å². The molecule has 86 valence electrons. The zero-order valence-corrected chi connectivity index (χ0v) is 9.96. The van der Waals surface area contributed by atoms with Crippen LogP contribution in [-0.4, -0.2) is 25.0 Å². The van der Waals surface area contributed by atoms with Gasteiger partial charge in [0, 0.05) is 5.92 Å². The van der Waals surface area contributed by atoms with Gasteiger partial charge in [-0.15, -0.1) is 0 Å². The number of hydrogen-bond acceptors (Lipinski definition) is 3. The number of amides is 1. The molecule has 0 bridgehead atoms. The summed E-state index contributed by atoms with van der Waals surface area (Å²) in [4.78, 5) is 22.7. The third-order valence-electron chi connectivity index (χ3n) is 1.78. The van der Waals surface area contributed by atoms with Gasteiger partial charge in [0.05, 0.1) is 7.11 Å². The predicted octanol–water partition coefficient (Wildman–Crippen LogP) is 1.27. The minimum absolute atomic E-state index is 0.150. The van der Waals surface area contributed by atoms with Crippen molar-refractivity contribution in [1.29, 1.82) is 0 Å². The highest BCUT2D eigenvalue weighted by Gasteiger charge is 2.19. The first-order chi connectivity index (χ1) is 6.88. The van der Waals surface area contributed by atoms with E-state index in [4.69, 9.17) is 0 Å². The Morgan fingerprint density at radius 1 is 1.27 bits per heavy atom. The number of nitrogens with one attached hydrogen (secondary N) is 1. The van der Waals surface area contributed by atoms with E-state index in [-0.39, 0.29) is 11.8 Å². The standard InChI is InChI=1S/C11H19NO3/c1-7(2)6-9(11(14)15-5)12-10(13)8(3)4/h6,8-9H,1-5H3,(H,12,13). The summed E-state index contributed by atoms with van der Waals surface area (Å²) < 4.78 is 4.60. The van der Waals surface area contributed by atoms with E-state index >= 15 is 0 Å². The van der Waals surface area contributed by atoms with Gasteiger partial charge in [-0.2, -0.15) is 0 Å². The summed E-state index contributed by atoms with van der Waals surface area (Å²) in [6.07, 6.45) is 1.67. The van der Waals surface area contributed by atoms with Gasteiger partial charge >= 0.3 is 5.97 Å². The number of carbonyl (C=O) groups is 2. The minimum atomic E-state index is -0.685. The predicted molar refractivity (Wildman–Crippen MR) is 58.2 cm³/mol. The Kier molecular flexibility index (Phi) is 5.67. The third kappa shape index (κ3) is 5.20. The number of rotatable bonds is 4. The molecule has 0 radical (unpaired) electrons. The van der Waals surface area contributed by atoms with Crippen LogP contribution in [0.2, 0.25) is 0 Å². The number of methoxy groups -OCH3 is 1. The highest BCUT2D eigenvalue weighted by Crippen LogP contribution is 2.00. The lowest BCUT2D eigenvalue weighted by atomic mass is 10.1. The smallest absolute Gasteiger partial charge is 0.332 e. The van der Waals surface area contributed by atoms with Crippen molar-refractivity contribution in [2.45, 2.75) is 33.7 Å². The molecule has 0 aliphatic carbocycles. The Balaban J connectivity index is 4.59. The molecule has 0 saturated heterocycles. The summed E-state index contributed by atoms with van der Waals surface area (Å²) in [6.45, 7) is 7.26. The molecule has 0 aromatic heterocycles. The maximum atomic E-state index is 11.4. The van der Waals surface area contributed by atoms with Gasteiger partial charge in [-0.1, -0.05) is 25.5 Å². The second-order valence-corrected chi connectivity index (χ2v) is 3.91. The van der Waals surface area contributed by atoms with Gasteiger partial charge in [-0.05, 0) is 13.8 Å². The average molecular weight is 213 g/mol.